The van der Waals surface area contributed by atoms with Crippen molar-refractivity contribution < 1.29 is 9.21 Å². The van der Waals surface area contributed by atoms with Gasteiger partial charge in [-0.15, -0.1) is 0 Å². The van der Waals surface area contributed by atoms with Gasteiger partial charge in [-0.05, 0) is 50.6 Å². The first kappa shape index (κ1) is 18.5. The topological polar surface area (TPSA) is 88.0 Å². The average molecular weight is 385 g/mol. The molecule has 0 saturated carbocycles. The lowest BCUT2D eigenvalue weighted by Crippen LogP contribution is -2.44. The molecule has 0 radical (unpaired) electrons. The maximum Gasteiger partial charge on any atom is 0.420 e. The molecule has 1 heterocycles. The molecule has 4 aromatic rings. The standard InChI is InChI=1S/C23H19N3O3/c1-14-8-11-19-20(12-14)29-22(28)26(19)23(2,3)21(27)25-18-10-9-15(13-24)16-6-4-5-7-17(16)18/h4-12H,1-3H3,(H,25,27). The Bertz CT molecular complexity index is 1370. The molecule has 6 heteroatoms. The van der Waals surface area contributed by atoms with Gasteiger partial charge < -0.3 is 9.73 Å². The highest BCUT2D eigenvalue weighted by Gasteiger charge is 2.34. The quantitative estimate of drug-likeness (QED) is 0.569. The highest BCUT2D eigenvalue weighted by molar-refractivity contribution is 6.06. The molecular weight excluding hydrogens is 366 g/mol. The number of aromatic nitrogens is 1. The molecule has 0 aliphatic rings. The third kappa shape index (κ3) is 2.97. The van der Waals surface area contributed by atoms with Gasteiger partial charge in [-0.1, -0.05) is 30.3 Å². The Hall–Kier alpha value is -3.85. The second kappa shape index (κ2) is 6.64. The minimum absolute atomic E-state index is 0.363. The number of oxazole rings is 1. The number of carbonyl (C=O) groups is 1. The fraction of sp³-hybridized carbons (Fsp3) is 0.174. The van der Waals surface area contributed by atoms with Crippen LogP contribution in [-0.4, -0.2) is 10.5 Å². The largest absolute Gasteiger partial charge is 0.420 e. The van der Waals surface area contributed by atoms with Crippen LogP contribution in [0.3, 0.4) is 0 Å². The molecule has 0 saturated heterocycles. The van der Waals surface area contributed by atoms with Crippen LogP contribution in [-0.2, 0) is 10.3 Å². The minimum atomic E-state index is -1.20. The van der Waals surface area contributed by atoms with Gasteiger partial charge in [0.2, 0.25) is 5.91 Å². The lowest BCUT2D eigenvalue weighted by atomic mass is 10.0. The summed E-state index contributed by atoms with van der Waals surface area (Å²) >= 11 is 0. The lowest BCUT2D eigenvalue weighted by molar-refractivity contribution is -0.123. The van der Waals surface area contributed by atoms with Crippen LogP contribution in [0.4, 0.5) is 5.69 Å². The summed E-state index contributed by atoms with van der Waals surface area (Å²) in [5, 5.41) is 13.8. The van der Waals surface area contributed by atoms with Gasteiger partial charge in [-0.25, -0.2) is 4.79 Å². The van der Waals surface area contributed by atoms with Gasteiger partial charge in [0.25, 0.3) is 0 Å². The number of hydrogen-bond acceptors (Lipinski definition) is 4. The van der Waals surface area contributed by atoms with E-state index in [1.807, 2.05) is 37.3 Å². The number of carbonyl (C=O) groups excluding carboxylic acids is 1. The van der Waals surface area contributed by atoms with E-state index in [0.717, 1.165) is 16.3 Å². The molecule has 0 atom stereocenters. The minimum Gasteiger partial charge on any atom is -0.408 e. The predicted molar refractivity (Wildman–Crippen MR) is 112 cm³/mol. The molecule has 0 aliphatic carbocycles. The Morgan fingerprint density at radius 2 is 1.83 bits per heavy atom. The summed E-state index contributed by atoms with van der Waals surface area (Å²) in [7, 11) is 0. The maximum atomic E-state index is 13.2. The Balaban J connectivity index is 1.78. The van der Waals surface area contributed by atoms with Crippen molar-refractivity contribution in [3.05, 3.63) is 76.3 Å². The van der Waals surface area contributed by atoms with Crippen molar-refractivity contribution in [3.63, 3.8) is 0 Å². The lowest BCUT2D eigenvalue weighted by Gasteiger charge is -2.25. The van der Waals surface area contributed by atoms with Crippen LogP contribution >= 0.6 is 0 Å². The van der Waals surface area contributed by atoms with Crippen molar-refractivity contribution in [2.45, 2.75) is 26.3 Å². The summed E-state index contributed by atoms with van der Waals surface area (Å²) in [5.41, 5.74) is 1.88. The van der Waals surface area contributed by atoms with Crippen molar-refractivity contribution in [1.29, 1.82) is 5.26 Å². The van der Waals surface area contributed by atoms with E-state index in [0.29, 0.717) is 22.4 Å². The Kier molecular flexibility index (Phi) is 4.24. The summed E-state index contributed by atoms with van der Waals surface area (Å²) in [4.78, 5) is 25.7. The Labute approximate surface area is 167 Å². The predicted octanol–water partition coefficient (Wildman–Crippen LogP) is 4.30. The average Bonchev–Trinajstić information content (AvgIpc) is 3.03. The molecule has 144 valence electrons. The summed E-state index contributed by atoms with van der Waals surface area (Å²) in [5.74, 6) is -0.951. The fourth-order valence-corrected chi connectivity index (χ4v) is 3.54. The first-order chi connectivity index (χ1) is 13.8. The van der Waals surface area contributed by atoms with Gasteiger partial charge in [0.15, 0.2) is 5.58 Å². The first-order valence-electron chi connectivity index (χ1n) is 9.19. The molecule has 1 amide bonds. The summed E-state index contributed by atoms with van der Waals surface area (Å²) < 4.78 is 6.72. The number of nitrogens with zero attached hydrogens (tertiary/aromatic N) is 2. The zero-order valence-electron chi connectivity index (χ0n) is 16.3. The van der Waals surface area contributed by atoms with Crippen LogP contribution in [0.1, 0.15) is 25.0 Å². The summed E-state index contributed by atoms with van der Waals surface area (Å²) in [6, 6.07) is 18.3. The van der Waals surface area contributed by atoms with Crippen LogP contribution < -0.4 is 11.1 Å². The Morgan fingerprint density at radius 3 is 2.55 bits per heavy atom. The number of fused-ring (bicyclic) bond motifs is 2. The second-order valence-corrected chi connectivity index (χ2v) is 7.51. The SMILES string of the molecule is Cc1ccc2c(c1)oc(=O)n2C(C)(C)C(=O)Nc1ccc(C#N)c2ccccc12. The molecule has 0 bridgehead atoms. The zero-order valence-corrected chi connectivity index (χ0v) is 16.3. The molecular formula is C23H19N3O3. The van der Waals surface area contributed by atoms with Crippen molar-refractivity contribution in [2.24, 2.45) is 0 Å². The van der Waals surface area contributed by atoms with Crippen molar-refractivity contribution in [1.82, 2.24) is 4.57 Å². The molecule has 3 aromatic carbocycles. The number of nitrogens with one attached hydrogen (secondary N) is 1. The van der Waals surface area contributed by atoms with Crippen LogP contribution in [0, 0.1) is 18.3 Å². The van der Waals surface area contributed by atoms with Crippen LogP contribution in [0.25, 0.3) is 21.9 Å². The number of anilines is 1. The fourth-order valence-electron chi connectivity index (χ4n) is 3.54. The highest BCUT2D eigenvalue weighted by atomic mass is 16.4. The molecule has 1 N–H and O–H groups in total. The molecule has 29 heavy (non-hydrogen) atoms. The van der Waals surface area contributed by atoms with Crippen molar-refractivity contribution >= 4 is 33.5 Å². The van der Waals surface area contributed by atoms with E-state index in [1.54, 1.807) is 38.1 Å². The van der Waals surface area contributed by atoms with E-state index in [2.05, 4.69) is 11.4 Å². The van der Waals surface area contributed by atoms with Gasteiger partial charge in [-0.3, -0.25) is 9.36 Å². The van der Waals surface area contributed by atoms with E-state index in [-0.39, 0.29) is 5.91 Å². The Morgan fingerprint density at radius 1 is 1.10 bits per heavy atom. The number of benzene rings is 3. The van der Waals surface area contributed by atoms with E-state index < -0.39 is 11.3 Å². The maximum absolute atomic E-state index is 13.2. The molecule has 4 rings (SSSR count). The van der Waals surface area contributed by atoms with Crippen LogP contribution in [0.5, 0.6) is 0 Å². The number of hydrogen-bond donors (Lipinski definition) is 1. The monoisotopic (exact) mass is 385 g/mol. The van der Waals surface area contributed by atoms with Gasteiger partial charge in [-0.2, -0.15) is 5.26 Å². The van der Waals surface area contributed by atoms with E-state index >= 15 is 0 Å². The van der Waals surface area contributed by atoms with Crippen LogP contribution in [0.15, 0.2) is 63.8 Å². The van der Waals surface area contributed by atoms with E-state index in [1.165, 1.54) is 4.57 Å². The summed E-state index contributed by atoms with van der Waals surface area (Å²) in [6.07, 6.45) is 0. The third-order valence-corrected chi connectivity index (χ3v) is 5.14. The summed E-state index contributed by atoms with van der Waals surface area (Å²) in [6.45, 7) is 5.25. The van der Waals surface area contributed by atoms with Crippen molar-refractivity contribution in [2.75, 3.05) is 5.32 Å². The van der Waals surface area contributed by atoms with Gasteiger partial charge >= 0.3 is 5.76 Å². The number of nitriles is 1. The smallest absolute Gasteiger partial charge is 0.408 e. The molecule has 1 aromatic heterocycles. The van der Waals surface area contributed by atoms with E-state index in [9.17, 15) is 14.9 Å². The molecule has 6 nitrogen and oxygen atoms in total. The third-order valence-electron chi connectivity index (χ3n) is 5.14. The normalized spacial score (nSPS) is 11.5. The highest BCUT2D eigenvalue weighted by Crippen LogP contribution is 2.29. The van der Waals surface area contributed by atoms with Crippen LogP contribution in [0.2, 0.25) is 0 Å². The first-order valence-corrected chi connectivity index (χ1v) is 9.19. The number of aryl methyl sites for hydroxylation is 1. The van der Waals surface area contributed by atoms with Gasteiger partial charge in [0, 0.05) is 16.5 Å². The van der Waals surface area contributed by atoms with E-state index in [4.69, 9.17) is 4.42 Å². The van der Waals surface area contributed by atoms with Crippen molar-refractivity contribution in [3.8, 4) is 6.07 Å². The molecule has 0 aliphatic heterocycles. The number of amides is 1. The van der Waals surface area contributed by atoms with Gasteiger partial charge in [0.1, 0.15) is 5.54 Å². The number of rotatable bonds is 3. The molecule has 0 fully saturated rings. The van der Waals surface area contributed by atoms with Gasteiger partial charge in [0.05, 0.1) is 17.1 Å². The molecule has 0 spiro atoms. The second-order valence-electron chi connectivity index (χ2n) is 7.51. The molecule has 0 unspecified atom stereocenters. The zero-order chi connectivity index (χ0) is 20.8.